The van der Waals surface area contributed by atoms with Crippen molar-refractivity contribution in [2.45, 2.75) is 36.0 Å². The number of hydrogen-bond acceptors (Lipinski definition) is 0. The van der Waals surface area contributed by atoms with E-state index < -0.39 is 8.80 Å². The second-order valence-electron chi connectivity index (χ2n) is 10.1. The van der Waals surface area contributed by atoms with Crippen LogP contribution in [0.3, 0.4) is 0 Å². The monoisotopic (exact) mass is 601 g/mol. The van der Waals surface area contributed by atoms with Crippen molar-refractivity contribution in [3.8, 4) is 11.1 Å². The van der Waals surface area contributed by atoms with E-state index in [1.807, 2.05) is 0 Å². The van der Waals surface area contributed by atoms with Crippen molar-refractivity contribution in [1.29, 1.82) is 0 Å². The molecule has 0 N–H and O–H groups in total. The molecule has 0 radical (unpaired) electrons. The standard InChI is InChI=1S/C32H29Si.2ClH.Zr/c1-21-19-23-17-18-28(31-26-15-9-7-13-24(26)25-14-8-10-16-27(25)31)32(33(2)3)30(23)29(21)20-22-11-5-4-6-12-22;;;/h4-19,31,33H,20H2,1-3H3;2*1H;/q;;;+2/p-2. The van der Waals surface area contributed by atoms with E-state index in [0.717, 1.165) is 6.42 Å². The Labute approximate surface area is 244 Å². The van der Waals surface area contributed by atoms with E-state index in [2.05, 4.69) is 111 Å². The molecule has 0 spiro atoms. The van der Waals surface area contributed by atoms with Gasteiger partial charge in [0.15, 0.2) is 0 Å². The van der Waals surface area contributed by atoms with Crippen LogP contribution in [0.4, 0.5) is 0 Å². The molecule has 179 valence electrons. The Morgan fingerprint density at radius 1 is 0.667 bits per heavy atom. The quantitative estimate of drug-likeness (QED) is 0.271. The molecule has 0 amide bonds. The van der Waals surface area contributed by atoms with Gasteiger partial charge >= 0.3 is 221 Å². The summed E-state index contributed by atoms with van der Waals surface area (Å²) in [5.74, 6) is 0.338. The Hall–Kier alpha value is -1.70. The molecule has 0 saturated carbocycles. The van der Waals surface area contributed by atoms with Gasteiger partial charge in [0.1, 0.15) is 0 Å². The molecule has 0 fully saturated rings. The van der Waals surface area contributed by atoms with Crippen LogP contribution in [-0.4, -0.2) is 8.80 Å². The molecule has 0 bridgehead atoms. The van der Waals surface area contributed by atoms with Crippen LogP contribution in [0.5, 0.6) is 0 Å². The molecular weight excluding hydrogens is 575 g/mol. The predicted molar refractivity (Wildman–Crippen MR) is 143 cm³/mol. The van der Waals surface area contributed by atoms with E-state index in [1.54, 1.807) is 57.7 Å². The zero-order valence-corrected chi connectivity index (χ0v) is 26.0. The summed E-state index contributed by atoms with van der Waals surface area (Å²) < 4.78 is 0.588. The average Bonchev–Trinajstić information content (AvgIpc) is 3.32. The van der Waals surface area contributed by atoms with Gasteiger partial charge in [-0.3, -0.25) is 0 Å². The van der Waals surface area contributed by atoms with Crippen molar-refractivity contribution in [3.63, 3.8) is 0 Å². The smallest absolute Gasteiger partial charge is 1.00 e. The molecule has 4 aromatic rings. The van der Waals surface area contributed by atoms with Crippen molar-refractivity contribution in [3.05, 3.63) is 130 Å². The van der Waals surface area contributed by atoms with E-state index >= 15 is 0 Å². The Morgan fingerprint density at radius 2 is 1.19 bits per heavy atom. The summed E-state index contributed by atoms with van der Waals surface area (Å²) in [7, 11) is -1.12. The maximum atomic E-state index is 2.53. The van der Waals surface area contributed by atoms with Crippen molar-refractivity contribution >= 4 is 19.6 Å². The summed E-state index contributed by atoms with van der Waals surface area (Å²) in [6.45, 7) is 7.44. The van der Waals surface area contributed by atoms with Crippen molar-refractivity contribution < 1.29 is 49.5 Å². The van der Waals surface area contributed by atoms with Crippen molar-refractivity contribution in [1.82, 2.24) is 0 Å². The van der Waals surface area contributed by atoms with Gasteiger partial charge in [0.2, 0.25) is 0 Å². The summed E-state index contributed by atoms with van der Waals surface area (Å²) in [5.41, 5.74) is 15.1. The molecule has 0 heterocycles. The topological polar surface area (TPSA) is 0 Å². The zero-order chi connectivity index (χ0) is 23.4. The fourth-order valence-electron chi connectivity index (χ4n) is 6.23. The SMILES string of the molecule is CC1=C(Cc2ccccc2)c2c(ccc(C3c4ccccc4-c4ccccc43)c2[SiH](C)C)[CH]1[Zr+2].[Cl-].[Cl-]. The minimum absolute atomic E-state index is 0. The van der Waals surface area contributed by atoms with Crippen LogP contribution in [0, 0.1) is 0 Å². The van der Waals surface area contributed by atoms with Crippen molar-refractivity contribution in [2.75, 3.05) is 0 Å². The van der Waals surface area contributed by atoms with Gasteiger partial charge in [-0.05, 0) is 0 Å². The predicted octanol–water partition coefficient (Wildman–Crippen LogP) is 1.17. The minimum Gasteiger partial charge on any atom is -1.00 e. The molecule has 4 aromatic carbocycles. The van der Waals surface area contributed by atoms with Gasteiger partial charge in [-0.25, -0.2) is 0 Å². The fraction of sp³-hybridized carbons (Fsp3) is 0.188. The molecule has 36 heavy (non-hydrogen) atoms. The molecule has 6 rings (SSSR count). The molecular formula is C32H29Cl2SiZr. The number of fused-ring (bicyclic) bond motifs is 4. The third kappa shape index (κ3) is 4.35. The Balaban J connectivity index is 0.00000152. The number of allylic oxidation sites excluding steroid dienone is 2. The van der Waals surface area contributed by atoms with Crippen LogP contribution < -0.4 is 30.0 Å². The van der Waals surface area contributed by atoms with Crippen LogP contribution in [-0.2, 0) is 31.1 Å². The first-order valence-electron chi connectivity index (χ1n) is 12.4. The first-order chi connectivity index (χ1) is 16.6. The summed E-state index contributed by atoms with van der Waals surface area (Å²) in [5, 5.41) is 1.70. The Morgan fingerprint density at radius 3 is 1.78 bits per heavy atom. The van der Waals surface area contributed by atoms with Gasteiger partial charge in [0, 0.05) is 0 Å². The zero-order valence-electron chi connectivity index (χ0n) is 20.9. The van der Waals surface area contributed by atoms with E-state index in [4.69, 9.17) is 0 Å². The number of rotatable bonds is 4. The first kappa shape index (κ1) is 27.3. The van der Waals surface area contributed by atoms with Crippen molar-refractivity contribution in [2.24, 2.45) is 0 Å². The van der Waals surface area contributed by atoms with Crippen LogP contribution in [0.15, 0.2) is 96.6 Å². The maximum Gasteiger partial charge on any atom is -1.00 e. The van der Waals surface area contributed by atoms with E-state index in [9.17, 15) is 0 Å². The Kier molecular flexibility index (Phi) is 8.32. The molecule has 0 aliphatic heterocycles. The van der Waals surface area contributed by atoms with Crippen LogP contribution >= 0.6 is 0 Å². The normalized spacial score (nSPS) is 15.8. The van der Waals surface area contributed by atoms with Crippen LogP contribution in [0.1, 0.15) is 49.8 Å². The van der Waals surface area contributed by atoms with Crippen LogP contribution in [0.2, 0.25) is 13.1 Å². The average molecular weight is 604 g/mol. The molecule has 0 saturated heterocycles. The number of hydrogen-bond donors (Lipinski definition) is 0. The summed E-state index contributed by atoms with van der Waals surface area (Å²) >= 11 is 1.61. The van der Waals surface area contributed by atoms with E-state index in [0.29, 0.717) is 9.54 Å². The second-order valence-corrected chi connectivity index (χ2v) is 14.4. The molecule has 1 unspecified atom stereocenters. The largest absolute Gasteiger partial charge is 1.00 e. The minimum atomic E-state index is -1.12. The van der Waals surface area contributed by atoms with E-state index in [-0.39, 0.29) is 24.8 Å². The molecule has 1 atom stereocenters. The molecule has 0 nitrogen and oxygen atoms in total. The summed E-state index contributed by atoms with van der Waals surface area (Å²) in [4.78, 5) is 0. The molecule has 4 heteroatoms. The third-order valence-electron chi connectivity index (χ3n) is 7.78. The van der Waals surface area contributed by atoms with Gasteiger partial charge in [0.25, 0.3) is 0 Å². The Bertz CT molecular complexity index is 1400. The first-order valence-corrected chi connectivity index (χ1v) is 16.7. The molecule has 2 aliphatic carbocycles. The number of benzene rings is 4. The van der Waals surface area contributed by atoms with Gasteiger partial charge in [-0.1, -0.05) is 0 Å². The van der Waals surface area contributed by atoms with E-state index in [1.165, 1.54) is 27.8 Å². The number of halogens is 2. The molecule has 0 aromatic heterocycles. The van der Waals surface area contributed by atoms with Gasteiger partial charge in [0.05, 0.1) is 0 Å². The second kappa shape index (κ2) is 11.0. The third-order valence-corrected chi connectivity index (χ3v) is 11.4. The van der Waals surface area contributed by atoms with Gasteiger partial charge in [-0.15, -0.1) is 0 Å². The van der Waals surface area contributed by atoms with Gasteiger partial charge in [-0.2, -0.15) is 0 Å². The summed E-state index contributed by atoms with van der Waals surface area (Å²) in [6.07, 6.45) is 1.04. The van der Waals surface area contributed by atoms with Crippen LogP contribution in [0.25, 0.3) is 16.7 Å². The molecule has 2 aliphatic rings. The summed E-state index contributed by atoms with van der Waals surface area (Å²) in [6, 6.07) is 34.2. The maximum absolute atomic E-state index is 2.53. The fourth-order valence-corrected chi connectivity index (χ4v) is 9.09. The van der Waals surface area contributed by atoms with Gasteiger partial charge < -0.3 is 24.8 Å².